The largest absolute Gasteiger partial charge is 0.374 e. The van der Waals surface area contributed by atoms with Crippen molar-refractivity contribution in [1.82, 2.24) is 0 Å². The molecule has 0 radical (unpaired) electrons. The van der Waals surface area contributed by atoms with Gasteiger partial charge in [0.15, 0.2) is 0 Å². The van der Waals surface area contributed by atoms with E-state index in [0.717, 1.165) is 38.5 Å². The Labute approximate surface area is 132 Å². The first-order chi connectivity index (χ1) is 10.5. The van der Waals surface area contributed by atoms with Gasteiger partial charge in [0.2, 0.25) is 0 Å². The van der Waals surface area contributed by atoms with Gasteiger partial charge in [0.1, 0.15) is 11.4 Å². The third-order valence-corrected chi connectivity index (χ3v) is 6.96. The summed E-state index contributed by atoms with van der Waals surface area (Å²) in [6.07, 6.45) is 16.3. The lowest BCUT2D eigenvalue weighted by molar-refractivity contribution is -0.129. The molecule has 0 saturated heterocycles. The summed E-state index contributed by atoms with van der Waals surface area (Å²) in [5.41, 5.74) is 1.55. The number of hydrogen-bond donors (Lipinski definition) is 1. The van der Waals surface area contributed by atoms with Crippen molar-refractivity contribution < 1.29 is 9.90 Å². The number of hydrogen-bond acceptors (Lipinski definition) is 2. The molecule has 4 rings (SSSR count). The van der Waals surface area contributed by atoms with E-state index in [1.807, 2.05) is 6.08 Å². The molecule has 0 bridgehead atoms. The van der Waals surface area contributed by atoms with Gasteiger partial charge in [-0.3, -0.25) is 4.79 Å². The molecular weight excluding hydrogens is 272 g/mol. The van der Waals surface area contributed by atoms with Crippen LogP contribution in [0.4, 0.5) is 0 Å². The predicted molar refractivity (Wildman–Crippen MR) is 85.9 cm³/mol. The topological polar surface area (TPSA) is 37.3 Å². The van der Waals surface area contributed by atoms with Gasteiger partial charge in [-0.1, -0.05) is 18.9 Å². The Kier molecular flexibility index (Phi) is 2.97. The number of ketones is 1. The monoisotopic (exact) mass is 296 g/mol. The van der Waals surface area contributed by atoms with Crippen molar-refractivity contribution in [2.75, 3.05) is 0 Å². The number of Topliss-reactive ketones (excluding diaryl/α,β-unsaturated/α-hetero) is 1. The SMILES string of the molecule is C#CC1(O)C=C2CC[C@@H]3[C@H](CC[C@]4(C)C(=O)CC[C@@H]34)C2=CC1. The molecule has 2 nitrogen and oxygen atoms in total. The normalized spacial score (nSPS) is 46.8. The Hall–Kier alpha value is -1.33. The third-order valence-electron chi connectivity index (χ3n) is 6.96. The van der Waals surface area contributed by atoms with Crippen molar-refractivity contribution in [1.29, 1.82) is 0 Å². The lowest BCUT2D eigenvalue weighted by Crippen LogP contribution is -2.44. The minimum Gasteiger partial charge on any atom is -0.374 e. The van der Waals surface area contributed by atoms with Crippen LogP contribution in [0.5, 0.6) is 0 Å². The average Bonchev–Trinajstić information content (AvgIpc) is 2.82. The van der Waals surface area contributed by atoms with E-state index in [9.17, 15) is 9.90 Å². The number of terminal acetylenes is 1. The third kappa shape index (κ3) is 1.82. The fraction of sp³-hybridized carbons (Fsp3) is 0.650. The molecule has 3 saturated carbocycles. The number of carbonyl (C=O) groups excluding carboxylic acids is 1. The van der Waals surface area contributed by atoms with E-state index < -0.39 is 5.60 Å². The zero-order valence-corrected chi connectivity index (χ0v) is 13.3. The summed E-state index contributed by atoms with van der Waals surface area (Å²) < 4.78 is 0. The van der Waals surface area contributed by atoms with Crippen LogP contribution in [0.15, 0.2) is 23.3 Å². The molecule has 116 valence electrons. The minimum absolute atomic E-state index is 0.0584. The number of carbonyl (C=O) groups is 1. The first-order valence-electron chi connectivity index (χ1n) is 8.62. The maximum Gasteiger partial charge on any atom is 0.147 e. The standard InChI is InChI=1S/C20H24O2/c1-3-20(22)11-9-14-13(12-20)4-5-16-15(14)8-10-19(2)17(16)6-7-18(19)21/h1,9,12,15-17,22H,4-8,10-11H2,2H3/t15-,16-,17+,19+,20?/m1/s1. The number of rotatable bonds is 0. The van der Waals surface area contributed by atoms with Crippen LogP contribution in [-0.4, -0.2) is 16.5 Å². The summed E-state index contributed by atoms with van der Waals surface area (Å²) in [7, 11) is 0. The molecule has 0 aromatic carbocycles. The molecule has 0 spiro atoms. The van der Waals surface area contributed by atoms with Crippen molar-refractivity contribution >= 4 is 5.78 Å². The Morgan fingerprint density at radius 1 is 1.32 bits per heavy atom. The molecule has 4 aliphatic carbocycles. The second-order valence-electron chi connectivity index (χ2n) is 7.94. The maximum atomic E-state index is 12.3. The molecule has 22 heavy (non-hydrogen) atoms. The van der Waals surface area contributed by atoms with Crippen molar-refractivity contribution in [3.63, 3.8) is 0 Å². The predicted octanol–water partition coefficient (Wildman–Crippen LogP) is 3.41. The molecule has 0 aromatic heterocycles. The summed E-state index contributed by atoms with van der Waals surface area (Å²) in [6, 6.07) is 0. The van der Waals surface area contributed by atoms with Crippen molar-refractivity contribution in [2.45, 2.75) is 57.5 Å². The van der Waals surface area contributed by atoms with Gasteiger partial charge >= 0.3 is 0 Å². The van der Waals surface area contributed by atoms with Crippen molar-refractivity contribution in [2.24, 2.45) is 23.2 Å². The number of fused-ring (bicyclic) bond motifs is 5. The number of aliphatic hydroxyl groups is 1. The Morgan fingerprint density at radius 3 is 2.91 bits per heavy atom. The lowest BCUT2D eigenvalue weighted by atomic mass is 9.54. The molecule has 4 aliphatic rings. The van der Waals surface area contributed by atoms with Gasteiger partial charge in [0, 0.05) is 18.3 Å². The fourth-order valence-electron chi connectivity index (χ4n) is 5.70. The van der Waals surface area contributed by atoms with Crippen LogP contribution in [0.2, 0.25) is 0 Å². The average molecular weight is 296 g/mol. The van der Waals surface area contributed by atoms with Crippen LogP contribution in [0.25, 0.3) is 0 Å². The Morgan fingerprint density at radius 2 is 2.14 bits per heavy atom. The lowest BCUT2D eigenvalue weighted by Gasteiger charge is -2.50. The van der Waals surface area contributed by atoms with Gasteiger partial charge in [-0.15, -0.1) is 6.42 Å². The van der Waals surface area contributed by atoms with E-state index >= 15 is 0 Å². The van der Waals surface area contributed by atoms with E-state index in [2.05, 4.69) is 18.9 Å². The minimum atomic E-state index is -1.09. The summed E-state index contributed by atoms with van der Waals surface area (Å²) in [5, 5.41) is 10.3. The van der Waals surface area contributed by atoms with Crippen LogP contribution >= 0.6 is 0 Å². The summed E-state index contributed by atoms with van der Waals surface area (Å²) >= 11 is 0. The summed E-state index contributed by atoms with van der Waals surface area (Å²) in [4.78, 5) is 12.3. The highest BCUT2D eigenvalue weighted by molar-refractivity contribution is 5.87. The maximum absolute atomic E-state index is 12.3. The van der Waals surface area contributed by atoms with Gasteiger partial charge in [-0.05, 0) is 67.1 Å². The molecule has 0 amide bonds. The first-order valence-corrected chi connectivity index (χ1v) is 8.62. The number of allylic oxidation sites excluding steroid dienone is 2. The molecular formula is C20H24O2. The van der Waals surface area contributed by atoms with Gasteiger partial charge in [-0.25, -0.2) is 0 Å². The van der Waals surface area contributed by atoms with Gasteiger partial charge < -0.3 is 5.11 Å². The van der Waals surface area contributed by atoms with Gasteiger partial charge in [0.25, 0.3) is 0 Å². The van der Waals surface area contributed by atoms with E-state index in [-0.39, 0.29) is 5.41 Å². The van der Waals surface area contributed by atoms with E-state index in [0.29, 0.717) is 30.0 Å². The second-order valence-corrected chi connectivity index (χ2v) is 7.94. The molecule has 3 fully saturated rings. The molecule has 1 unspecified atom stereocenters. The Balaban J connectivity index is 1.66. The molecule has 1 N–H and O–H groups in total. The van der Waals surface area contributed by atoms with Crippen LogP contribution in [0.3, 0.4) is 0 Å². The summed E-state index contributed by atoms with van der Waals surface area (Å²) in [6.45, 7) is 2.21. The van der Waals surface area contributed by atoms with Crippen LogP contribution < -0.4 is 0 Å². The smallest absolute Gasteiger partial charge is 0.147 e. The van der Waals surface area contributed by atoms with E-state index in [1.54, 1.807) is 0 Å². The zero-order valence-electron chi connectivity index (χ0n) is 13.3. The van der Waals surface area contributed by atoms with E-state index in [4.69, 9.17) is 6.42 Å². The van der Waals surface area contributed by atoms with Crippen molar-refractivity contribution in [3.8, 4) is 12.3 Å². The molecule has 2 heteroatoms. The van der Waals surface area contributed by atoms with Gasteiger partial charge in [0.05, 0.1) is 0 Å². The highest BCUT2D eigenvalue weighted by atomic mass is 16.3. The molecule has 0 aliphatic heterocycles. The van der Waals surface area contributed by atoms with Crippen LogP contribution in [0, 0.1) is 35.5 Å². The zero-order chi connectivity index (χ0) is 15.5. The highest BCUT2D eigenvalue weighted by Crippen LogP contribution is 2.60. The Bertz CT molecular complexity index is 635. The van der Waals surface area contributed by atoms with Gasteiger partial charge in [-0.2, -0.15) is 0 Å². The quantitative estimate of drug-likeness (QED) is 0.696. The van der Waals surface area contributed by atoms with E-state index in [1.165, 1.54) is 11.1 Å². The second kappa shape index (κ2) is 4.59. The highest BCUT2D eigenvalue weighted by Gasteiger charge is 2.55. The molecule has 0 aromatic rings. The molecule has 5 atom stereocenters. The first kappa shape index (κ1) is 14.3. The summed E-state index contributed by atoms with van der Waals surface area (Å²) in [5.74, 6) is 4.80. The fourth-order valence-corrected chi connectivity index (χ4v) is 5.70. The van der Waals surface area contributed by atoms with Crippen LogP contribution in [0.1, 0.15) is 51.9 Å². The van der Waals surface area contributed by atoms with Crippen LogP contribution in [-0.2, 0) is 4.79 Å². The van der Waals surface area contributed by atoms with Crippen molar-refractivity contribution in [3.05, 3.63) is 23.3 Å². The molecule has 0 heterocycles.